The summed E-state index contributed by atoms with van der Waals surface area (Å²) in [5.41, 5.74) is -0.416. The summed E-state index contributed by atoms with van der Waals surface area (Å²) in [5, 5.41) is 6.23. The van der Waals surface area contributed by atoms with Crippen LogP contribution in [0.3, 0.4) is 0 Å². The van der Waals surface area contributed by atoms with Gasteiger partial charge in [-0.15, -0.1) is 0 Å². The zero-order chi connectivity index (χ0) is 12.5. The molecular formula is C11H12ClF3N2. The van der Waals surface area contributed by atoms with Gasteiger partial charge in [0.15, 0.2) is 0 Å². The van der Waals surface area contributed by atoms with E-state index in [1.165, 1.54) is 12.1 Å². The van der Waals surface area contributed by atoms with E-state index >= 15 is 0 Å². The smallest absolute Gasteiger partial charge is 0.314 e. The van der Waals surface area contributed by atoms with E-state index in [4.69, 9.17) is 11.6 Å². The molecule has 1 aromatic carbocycles. The van der Waals surface area contributed by atoms with Crippen molar-refractivity contribution in [2.45, 2.75) is 12.2 Å². The van der Waals surface area contributed by atoms with Crippen LogP contribution in [0.1, 0.15) is 17.2 Å². The van der Waals surface area contributed by atoms with Gasteiger partial charge in [-0.2, -0.15) is 13.2 Å². The summed E-state index contributed by atoms with van der Waals surface area (Å²) in [6.45, 7) is 1.92. The van der Waals surface area contributed by atoms with E-state index < -0.39 is 11.7 Å². The minimum absolute atomic E-state index is 0.102. The molecule has 1 aromatic rings. The average Bonchev–Trinajstić information content (AvgIpc) is 2.29. The number of benzene rings is 1. The number of alkyl halides is 3. The van der Waals surface area contributed by atoms with E-state index in [9.17, 15) is 13.2 Å². The number of halogens is 4. The summed E-state index contributed by atoms with van der Waals surface area (Å²) in [5.74, 6) is 0. The van der Waals surface area contributed by atoms with Crippen LogP contribution in [-0.4, -0.2) is 19.6 Å². The first-order chi connectivity index (χ1) is 7.98. The average molecular weight is 265 g/mol. The van der Waals surface area contributed by atoms with Crippen molar-refractivity contribution in [3.8, 4) is 0 Å². The molecule has 0 bridgehead atoms. The highest BCUT2D eigenvalue weighted by Crippen LogP contribution is 2.36. The van der Waals surface area contributed by atoms with Gasteiger partial charge < -0.3 is 10.6 Å². The molecule has 94 valence electrons. The molecule has 0 radical (unpaired) electrons. The Hall–Kier alpha value is -0.780. The summed E-state index contributed by atoms with van der Waals surface area (Å²) in [6, 6.07) is 3.59. The molecule has 2 N–H and O–H groups in total. The Morgan fingerprint density at radius 2 is 2.00 bits per heavy atom. The number of nitrogens with one attached hydrogen (secondary N) is 2. The lowest BCUT2D eigenvalue weighted by Crippen LogP contribution is -2.43. The molecule has 0 amide bonds. The molecule has 1 aliphatic rings. The van der Waals surface area contributed by atoms with Crippen molar-refractivity contribution >= 4 is 11.6 Å². The lowest BCUT2D eigenvalue weighted by Gasteiger charge is -2.27. The molecule has 0 aromatic heterocycles. The Morgan fingerprint density at radius 1 is 1.24 bits per heavy atom. The fourth-order valence-electron chi connectivity index (χ4n) is 1.95. The Labute approximate surface area is 102 Å². The first-order valence-electron chi connectivity index (χ1n) is 5.29. The van der Waals surface area contributed by atoms with E-state index in [2.05, 4.69) is 10.6 Å². The van der Waals surface area contributed by atoms with E-state index in [0.29, 0.717) is 13.1 Å². The quantitative estimate of drug-likeness (QED) is 0.815. The van der Waals surface area contributed by atoms with Crippen LogP contribution < -0.4 is 10.6 Å². The summed E-state index contributed by atoms with van der Waals surface area (Å²) in [4.78, 5) is 0. The van der Waals surface area contributed by atoms with Gasteiger partial charge in [-0.25, -0.2) is 0 Å². The second-order valence-corrected chi connectivity index (χ2v) is 4.38. The van der Waals surface area contributed by atoms with Gasteiger partial charge in [-0.1, -0.05) is 17.7 Å². The molecule has 0 spiro atoms. The molecule has 2 rings (SSSR count). The molecular weight excluding hydrogens is 253 g/mol. The van der Waals surface area contributed by atoms with Crippen LogP contribution in [0.15, 0.2) is 18.2 Å². The highest BCUT2D eigenvalue weighted by atomic mass is 35.5. The van der Waals surface area contributed by atoms with E-state index in [1.54, 1.807) is 0 Å². The Morgan fingerprint density at radius 3 is 2.59 bits per heavy atom. The van der Waals surface area contributed by atoms with Gasteiger partial charge in [0.2, 0.25) is 0 Å². The first-order valence-corrected chi connectivity index (χ1v) is 5.67. The van der Waals surface area contributed by atoms with E-state index in [1.807, 2.05) is 0 Å². The van der Waals surface area contributed by atoms with Crippen molar-refractivity contribution in [1.29, 1.82) is 0 Å². The molecule has 1 heterocycles. The third-order valence-corrected chi connectivity index (χ3v) is 2.97. The minimum atomic E-state index is -4.38. The van der Waals surface area contributed by atoms with Crippen molar-refractivity contribution in [2.75, 3.05) is 19.6 Å². The van der Waals surface area contributed by atoms with Crippen molar-refractivity contribution in [3.63, 3.8) is 0 Å². The largest absolute Gasteiger partial charge is 0.416 e. The number of hydrogen-bond donors (Lipinski definition) is 2. The summed E-state index contributed by atoms with van der Waals surface area (Å²) in [7, 11) is 0. The van der Waals surface area contributed by atoms with Gasteiger partial charge >= 0.3 is 6.18 Å². The third kappa shape index (κ3) is 2.91. The minimum Gasteiger partial charge on any atom is -0.314 e. The molecule has 1 fully saturated rings. The van der Waals surface area contributed by atoms with Gasteiger partial charge in [0.1, 0.15) is 0 Å². The van der Waals surface area contributed by atoms with Crippen LogP contribution in [0.4, 0.5) is 13.2 Å². The Bertz CT molecular complexity index is 400. The fraction of sp³-hybridized carbons (Fsp3) is 0.455. The van der Waals surface area contributed by atoms with Crippen molar-refractivity contribution < 1.29 is 13.2 Å². The maximum Gasteiger partial charge on any atom is 0.416 e. The molecule has 0 aliphatic carbocycles. The molecule has 0 unspecified atom stereocenters. The van der Waals surface area contributed by atoms with Gasteiger partial charge in [0, 0.05) is 30.7 Å². The highest BCUT2D eigenvalue weighted by Gasteiger charge is 2.35. The van der Waals surface area contributed by atoms with Gasteiger partial charge in [0.05, 0.1) is 5.56 Å². The van der Waals surface area contributed by atoms with Crippen LogP contribution in [-0.2, 0) is 6.18 Å². The lowest BCUT2D eigenvalue weighted by molar-refractivity contribution is -0.138. The van der Waals surface area contributed by atoms with Gasteiger partial charge in [-0.3, -0.25) is 0 Å². The van der Waals surface area contributed by atoms with E-state index in [-0.39, 0.29) is 16.6 Å². The zero-order valence-corrected chi connectivity index (χ0v) is 9.70. The fourth-order valence-corrected chi connectivity index (χ4v) is 2.12. The molecule has 2 nitrogen and oxygen atoms in total. The Balaban J connectivity index is 2.38. The Kier molecular flexibility index (Phi) is 3.61. The zero-order valence-electron chi connectivity index (χ0n) is 8.94. The predicted molar refractivity (Wildman–Crippen MR) is 60.1 cm³/mol. The van der Waals surface area contributed by atoms with Crippen molar-refractivity contribution in [2.24, 2.45) is 0 Å². The molecule has 6 heteroatoms. The van der Waals surface area contributed by atoms with Crippen LogP contribution in [0, 0.1) is 0 Å². The monoisotopic (exact) mass is 264 g/mol. The lowest BCUT2D eigenvalue weighted by atomic mass is 9.98. The molecule has 1 saturated heterocycles. The van der Waals surface area contributed by atoms with Crippen molar-refractivity contribution in [3.05, 3.63) is 34.3 Å². The topological polar surface area (TPSA) is 24.1 Å². The maximum atomic E-state index is 12.9. The molecule has 0 saturated carbocycles. The summed E-state index contributed by atoms with van der Waals surface area (Å²) < 4.78 is 38.6. The standard InChI is InChI=1S/C11H12ClF3N2/c12-7-1-2-8(9(5-7)11(13,14)15)10-6-16-3-4-17-10/h1-2,5,10,16-17H,3-4,6H2/t10-/m0/s1. The second-order valence-electron chi connectivity index (χ2n) is 3.94. The first kappa shape index (κ1) is 12.7. The predicted octanol–water partition coefficient (Wildman–Crippen LogP) is 2.59. The maximum absolute atomic E-state index is 12.9. The number of rotatable bonds is 1. The van der Waals surface area contributed by atoms with E-state index in [0.717, 1.165) is 12.6 Å². The SMILES string of the molecule is FC(F)(F)c1cc(Cl)ccc1[C@@H]1CNCCN1. The molecule has 17 heavy (non-hydrogen) atoms. The summed E-state index contributed by atoms with van der Waals surface area (Å²) in [6.07, 6.45) is -4.38. The molecule has 1 aliphatic heterocycles. The normalized spacial score (nSPS) is 21.5. The van der Waals surface area contributed by atoms with Crippen LogP contribution in [0.2, 0.25) is 5.02 Å². The van der Waals surface area contributed by atoms with Crippen LogP contribution >= 0.6 is 11.6 Å². The van der Waals surface area contributed by atoms with Gasteiger partial charge in [0.25, 0.3) is 0 Å². The number of hydrogen-bond acceptors (Lipinski definition) is 2. The third-order valence-electron chi connectivity index (χ3n) is 2.74. The van der Waals surface area contributed by atoms with Crippen LogP contribution in [0.25, 0.3) is 0 Å². The molecule has 1 atom stereocenters. The van der Waals surface area contributed by atoms with Crippen molar-refractivity contribution in [1.82, 2.24) is 10.6 Å². The van der Waals surface area contributed by atoms with Crippen LogP contribution in [0.5, 0.6) is 0 Å². The van der Waals surface area contributed by atoms with Gasteiger partial charge in [-0.05, 0) is 17.7 Å². The summed E-state index contributed by atoms with van der Waals surface area (Å²) >= 11 is 5.63. The highest BCUT2D eigenvalue weighted by molar-refractivity contribution is 6.30. The second kappa shape index (κ2) is 4.84. The number of piperazine rings is 1.